The Morgan fingerprint density at radius 1 is 1.38 bits per heavy atom. The normalized spacial score (nSPS) is 20.9. The summed E-state index contributed by atoms with van der Waals surface area (Å²) in [4.78, 5) is 32.9. The number of methoxy groups -OCH3 is 1. The molecular formula is C17H21ClN4O3S. The number of aliphatic imine (C=N–C) groups is 1. The van der Waals surface area contributed by atoms with Gasteiger partial charge in [0.1, 0.15) is 11.0 Å². The van der Waals surface area contributed by atoms with Crippen molar-refractivity contribution in [2.75, 3.05) is 45.7 Å². The summed E-state index contributed by atoms with van der Waals surface area (Å²) < 4.78 is 5.09. The molecule has 2 aliphatic heterocycles. The van der Waals surface area contributed by atoms with E-state index in [9.17, 15) is 9.59 Å². The second-order valence-electron chi connectivity index (χ2n) is 6.23. The molecule has 1 aromatic rings. The number of carbonyl (C=O) groups excluding carboxylic acids is 2. The van der Waals surface area contributed by atoms with Crippen LogP contribution in [0.25, 0.3) is 0 Å². The smallest absolute Gasteiger partial charge is 0.262 e. The van der Waals surface area contributed by atoms with Gasteiger partial charge in [-0.25, -0.2) is 0 Å². The van der Waals surface area contributed by atoms with Gasteiger partial charge in [0.15, 0.2) is 5.17 Å². The van der Waals surface area contributed by atoms with E-state index in [4.69, 9.17) is 16.3 Å². The molecule has 1 atom stereocenters. The van der Waals surface area contributed by atoms with E-state index >= 15 is 0 Å². The molecule has 9 heteroatoms. The van der Waals surface area contributed by atoms with Crippen LogP contribution in [0.15, 0.2) is 23.2 Å². The van der Waals surface area contributed by atoms with Crippen LogP contribution in [0, 0.1) is 0 Å². The van der Waals surface area contributed by atoms with Gasteiger partial charge in [-0.2, -0.15) is 4.99 Å². The number of nitrogens with one attached hydrogen (secondary N) is 1. The third-order valence-corrected chi connectivity index (χ3v) is 5.82. The van der Waals surface area contributed by atoms with Gasteiger partial charge in [0.2, 0.25) is 5.91 Å². The van der Waals surface area contributed by atoms with Crippen LogP contribution in [0.3, 0.4) is 0 Å². The minimum Gasteiger partial charge on any atom is -0.495 e. The number of benzene rings is 1. The molecule has 1 fully saturated rings. The lowest BCUT2D eigenvalue weighted by Crippen LogP contribution is -2.46. The molecule has 0 radical (unpaired) electrons. The summed E-state index contributed by atoms with van der Waals surface area (Å²) in [5.41, 5.74) is 0.566. The second kappa shape index (κ2) is 8.28. The van der Waals surface area contributed by atoms with Gasteiger partial charge in [-0.05, 0) is 25.2 Å². The van der Waals surface area contributed by atoms with Crippen molar-refractivity contribution in [1.29, 1.82) is 0 Å². The number of anilines is 1. The molecule has 7 nitrogen and oxygen atoms in total. The number of likely N-dealkylation sites (N-methyl/N-ethyl adjacent to an activating group) is 1. The molecule has 0 spiro atoms. The maximum Gasteiger partial charge on any atom is 0.262 e. The molecule has 1 aromatic carbocycles. The van der Waals surface area contributed by atoms with Crippen LogP contribution in [0.1, 0.15) is 6.42 Å². The first kappa shape index (κ1) is 19.0. The number of amidine groups is 1. The Morgan fingerprint density at radius 3 is 2.77 bits per heavy atom. The lowest BCUT2D eigenvalue weighted by molar-refractivity contribution is -0.121. The highest BCUT2D eigenvalue weighted by atomic mass is 35.5. The Kier molecular flexibility index (Phi) is 6.05. The molecule has 2 aliphatic rings. The van der Waals surface area contributed by atoms with Gasteiger partial charge < -0.3 is 19.9 Å². The molecule has 140 valence electrons. The molecule has 0 bridgehead atoms. The number of rotatable bonds is 4. The third kappa shape index (κ3) is 4.49. The van der Waals surface area contributed by atoms with Gasteiger partial charge in [0.25, 0.3) is 5.91 Å². The van der Waals surface area contributed by atoms with E-state index in [-0.39, 0.29) is 18.2 Å². The van der Waals surface area contributed by atoms with Crippen LogP contribution in [0.5, 0.6) is 5.75 Å². The van der Waals surface area contributed by atoms with Crippen LogP contribution in [-0.2, 0) is 9.59 Å². The van der Waals surface area contributed by atoms with Crippen molar-refractivity contribution < 1.29 is 14.3 Å². The van der Waals surface area contributed by atoms with Crippen molar-refractivity contribution in [3.05, 3.63) is 23.2 Å². The van der Waals surface area contributed by atoms with E-state index in [0.29, 0.717) is 16.5 Å². The van der Waals surface area contributed by atoms with E-state index in [1.807, 2.05) is 0 Å². The summed E-state index contributed by atoms with van der Waals surface area (Å²) >= 11 is 7.44. The quantitative estimate of drug-likeness (QED) is 0.838. The minimum absolute atomic E-state index is 0.0773. The molecule has 2 heterocycles. The lowest BCUT2D eigenvalue weighted by Gasteiger charge is -2.33. The minimum atomic E-state index is -0.474. The SMILES string of the molecule is COc1ccc(NC(=O)CC2SC(N3CCN(C)CC3)=NC2=O)cc1Cl. The van der Waals surface area contributed by atoms with Crippen LogP contribution in [0.2, 0.25) is 5.02 Å². The molecule has 26 heavy (non-hydrogen) atoms. The summed E-state index contributed by atoms with van der Waals surface area (Å²) in [6, 6.07) is 5.01. The van der Waals surface area contributed by atoms with Crippen LogP contribution in [0.4, 0.5) is 5.69 Å². The number of hydrogen-bond donors (Lipinski definition) is 1. The highest BCUT2D eigenvalue weighted by molar-refractivity contribution is 8.15. The number of piperazine rings is 1. The van der Waals surface area contributed by atoms with Gasteiger partial charge in [0.05, 0.1) is 12.1 Å². The van der Waals surface area contributed by atoms with E-state index in [2.05, 4.69) is 27.2 Å². The predicted molar refractivity (Wildman–Crippen MR) is 104 cm³/mol. The Labute approximate surface area is 161 Å². The van der Waals surface area contributed by atoms with Crippen molar-refractivity contribution in [1.82, 2.24) is 9.80 Å². The Hall–Kier alpha value is -1.77. The standard InChI is InChI=1S/C17H21ClN4O3S/c1-21-5-7-22(8-6-21)17-20-16(24)14(26-17)10-15(23)19-11-3-4-13(25-2)12(18)9-11/h3-4,9,14H,5-8,10H2,1-2H3,(H,19,23). The van der Waals surface area contributed by atoms with Crippen molar-refractivity contribution in [3.63, 3.8) is 0 Å². The van der Waals surface area contributed by atoms with E-state index in [0.717, 1.165) is 31.3 Å². The fourth-order valence-corrected chi connectivity index (χ4v) is 4.14. The largest absolute Gasteiger partial charge is 0.495 e. The molecule has 0 aromatic heterocycles. The summed E-state index contributed by atoms with van der Waals surface area (Å²) in [6.45, 7) is 3.58. The summed E-state index contributed by atoms with van der Waals surface area (Å²) in [7, 11) is 3.60. The van der Waals surface area contributed by atoms with Crippen molar-refractivity contribution in [2.45, 2.75) is 11.7 Å². The fraction of sp³-hybridized carbons (Fsp3) is 0.471. The maximum absolute atomic E-state index is 12.3. The zero-order chi connectivity index (χ0) is 18.7. The number of nitrogens with zero attached hydrogens (tertiary/aromatic N) is 3. The third-order valence-electron chi connectivity index (χ3n) is 4.31. The molecule has 1 unspecified atom stereocenters. The van der Waals surface area contributed by atoms with E-state index in [1.54, 1.807) is 18.2 Å². The van der Waals surface area contributed by atoms with Gasteiger partial charge >= 0.3 is 0 Å². The molecular weight excluding hydrogens is 376 g/mol. The number of thioether (sulfide) groups is 1. The summed E-state index contributed by atoms with van der Waals surface area (Å²) in [5.74, 6) is 0.0511. The summed E-state index contributed by atoms with van der Waals surface area (Å²) in [5, 5.41) is 3.44. The summed E-state index contributed by atoms with van der Waals surface area (Å²) in [6.07, 6.45) is 0.0773. The zero-order valence-electron chi connectivity index (χ0n) is 14.7. The molecule has 0 saturated carbocycles. The highest BCUT2D eigenvalue weighted by Gasteiger charge is 2.33. The first-order chi connectivity index (χ1) is 12.5. The highest BCUT2D eigenvalue weighted by Crippen LogP contribution is 2.29. The van der Waals surface area contributed by atoms with Gasteiger partial charge in [0, 0.05) is 38.3 Å². The molecule has 3 rings (SSSR count). The van der Waals surface area contributed by atoms with E-state index in [1.165, 1.54) is 18.9 Å². The molecule has 0 aliphatic carbocycles. The number of ether oxygens (including phenoxy) is 1. The molecule has 1 N–H and O–H groups in total. The number of carbonyl (C=O) groups is 2. The Morgan fingerprint density at radius 2 is 2.12 bits per heavy atom. The number of amides is 2. The first-order valence-corrected chi connectivity index (χ1v) is 9.58. The molecule has 1 saturated heterocycles. The van der Waals surface area contributed by atoms with Gasteiger partial charge in [-0.3, -0.25) is 9.59 Å². The van der Waals surface area contributed by atoms with E-state index < -0.39 is 5.25 Å². The fourth-order valence-electron chi connectivity index (χ4n) is 2.77. The second-order valence-corrected chi connectivity index (χ2v) is 7.81. The first-order valence-electron chi connectivity index (χ1n) is 8.32. The van der Waals surface area contributed by atoms with Crippen LogP contribution in [-0.4, -0.2) is 72.4 Å². The lowest BCUT2D eigenvalue weighted by atomic mass is 10.2. The van der Waals surface area contributed by atoms with Gasteiger partial charge in [-0.15, -0.1) is 0 Å². The van der Waals surface area contributed by atoms with Crippen molar-refractivity contribution in [3.8, 4) is 5.75 Å². The van der Waals surface area contributed by atoms with Crippen LogP contribution >= 0.6 is 23.4 Å². The number of hydrogen-bond acceptors (Lipinski definition) is 6. The predicted octanol–water partition coefficient (Wildman–Crippen LogP) is 1.92. The monoisotopic (exact) mass is 396 g/mol. The van der Waals surface area contributed by atoms with Crippen LogP contribution < -0.4 is 10.1 Å². The zero-order valence-corrected chi connectivity index (χ0v) is 16.3. The Balaban J connectivity index is 1.54. The topological polar surface area (TPSA) is 74.2 Å². The van der Waals surface area contributed by atoms with Crippen molar-refractivity contribution >= 4 is 46.0 Å². The molecule has 2 amide bonds. The Bertz CT molecular complexity index is 735. The maximum atomic E-state index is 12.3. The van der Waals surface area contributed by atoms with Gasteiger partial charge in [-0.1, -0.05) is 23.4 Å². The van der Waals surface area contributed by atoms with Crippen molar-refractivity contribution in [2.24, 2.45) is 4.99 Å². The average molecular weight is 397 g/mol. The average Bonchev–Trinajstić information content (AvgIpc) is 2.96. The number of halogens is 1.